The second-order valence-electron chi connectivity index (χ2n) is 4.65. The Morgan fingerprint density at radius 3 is 2.09 bits per heavy atom. The molecule has 0 aliphatic carbocycles. The second-order valence-corrected chi connectivity index (χ2v) is 4.65. The molecule has 0 spiro atoms. The van der Waals surface area contributed by atoms with Gasteiger partial charge in [0, 0.05) is 0 Å². The lowest BCUT2D eigenvalue weighted by atomic mass is 9.99. The molecule has 5 atom stereocenters. The fourth-order valence-corrected chi connectivity index (χ4v) is 1.61. The van der Waals surface area contributed by atoms with Crippen LogP contribution in [-0.4, -0.2) is 73.7 Å². The van der Waals surface area contributed by atoms with E-state index in [1.54, 1.807) is 30.3 Å². The number of hydrogen-bond acceptors (Lipinski definition) is 8. The van der Waals surface area contributed by atoms with Gasteiger partial charge < -0.3 is 30.6 Å². The van der Waals surface area contributed by atoms with Crippen LogP contribution in [0, 0.1) is 0 Å². The maximum Gasteiger partial charge on any atom is 0.269 e. The van der Waals surface area contributed by atoms with Gasteiger partial charge in [-0.2, -0.15) is 0 Å². The summed E-state index contributed by atoms with van der Waals surface area (Å²) in [5.41, 5.74) is 5.11. The first-order valence-corrected chi connectivity index (χ1v) is 6.50. The van der Waals surface area contributed by atoms with E-state index < -0.39 is 43.0 Å². The summed E-state index contributed by atoms with van der Waals surface area (Å²) in [6.07, 6.45) is -9.80. The normalized spacial score (nSPS) is 17.9. The Balaban J connectivity index is 2.54. The molecule has 0 saturated heterocycles. The average Bonchev–Trinajstić information content (AvgIpc) is 2.56. The molecule has 0 aliphatic rings. The fraction of sp³-hybridized carbons (Fsp3) is 0.462. The molecule has 0 aromatic heterocycles. The molecule has 0 fully saturated rings. The van der Waals surface area contributed by atoms with Crippen molar-refractivity contribution in [2.24, 2.45) is 0 Å². The van der Waals surface area contributed by atoms with Crippen LogP contribution in [0.2, 0.25) is 0 Å². The van der Waals surface area contributed by atoms with E-state index in [0.717, 1.165) is 0 Å². The third-order valence-electron chi connectivity index (χ3n) is 2.98. The Bertz CT molecular complexity index is 459. The number of benzene rings is 1. The van der Waals surface area contributed by atoms with E-state index in [9.17, 15) is 25.2 Å². The summed E-state index contributed by atoms with van der Waals surface area (Å²) in [5, 5.41) is 56.0. The van der Waals surface area contributed by atoms with Crippen LogP contribution in [0.5, 0.6) is 0 Å². The summed E-state index contributed by atoms with van der Waals surface area (Å²) in [7, 11) is 0. The van der Waals surface area contributed by atoms with Crippen LogP contribution in [0.3, 0.4) is 0 Å². The van der Waals surface area contributed by atoms with Crippen LogP contribution < -0.4 is 10.9 Å². The smallest absolute Gasteiger partial charge is 0.269 e. The van der Waals surface area contributed by atoms with Crippen molar-refractivity contribution in [2.75, 3.05) is 12.0 Å². The summed E-state index contributed by atoms with van der Waals surface area (Å²) in [6, 6.07) is 8.45. The molecule has 1 aromatic rings. The number of carbonyl (C=O) groups excluding carboxylic acids is 1. The number of rotatable bonds is 8. The zero-order valence-corrected chi connectivity index (χ0v) is 11.6. The molecule has 0 radical (unpaired) electrons. The highest BCUT2D eigenvalue weighted by Gasteiger charge is 2.37. The number of amides is 1. The van der Waals surface area contributed by atoms with Crippen LogP contribution >= 0.6 is 0 Å². The number of aliphatic hydroxyl groups excluding tert-OH is 6. The van der Waals surface area contributed by atoms with Crippen molar-refractivity contribution in [1.82, 2.24) is 5.43 Å². The minimum Gasteiger partial charge on any atom is -0.394 e. The zero-order valence-electron chi connectivity index (χ0n) is 11.6. The Labute approximate surface area is 126 Å². The summed E-state index contributed by atoms with van der Waals surface area (Å²) < 4.78 is 0. The molecular formula is C13H20N2O7. The monoisotopic (exact) mass is 316 g/mol. The molecule has 0 aliphatic heterocycles. The van der Waals surface area contributed by atoms with Gasteiger partial charge in [-0.3, -0.25) is 15.6 Å². The number of carbonyl (C=O) groups is 1. The average molecular weight is 316 g/mol. The molecule has 0 bridgehead atoms. The summed E-state index contributed by atoms with van der Waals surface area (Å²) in [6.45, 7) is -0.858. The Hall–Kier alpha value is -1.75. The molecular weight excluding hydrogens is 296 g/mol. The minimum atomic E-state index is -2.06. The van der Waals surface area contributed by atoms with Crippen molar-refractivity contribution in [2.45, 2.75) is 30.5 Å². The van der Waals surface area contributed by atoms with Gasteiger partial charge in [-0.05, 0) is 12.1 Å². The molecule has 22 heavy (non-hydrogen) atoms. The summed E-state index contributed by atoms with van der Waals surface area (Å²) in [5.74, 6) is -1.05. The quantitative estimate of drug-likeness (QED) is 0.234. The maximum atomic E-state index is 11.6. The third-order valence-corrected chi connectivity index (χ3v) is 2.98. The SMILES string of the molecule is O=C(NNc1ccccc1)[C@H](O)[C@H](O)[C@@H](O)[C@H](O)[C@H](O)CO. The zero-order chi connectivity index (χ0) is 16.7. The molecule has 1 aromatic carbocycles. The number of nitrogens with one attached hydrogen (secondary N) is 2. The molecule has 9 heteroatoms. The van der Waals surface area contributed by atoms with E-state index in [1.165, 1.54) is 0 Å². The standard InChI is InChI=1S/C13H20N2O7/c16-6-8(17)9(18)10(19)11(20)12(21)13(22)15-14-7-4-2-1-3-5-7/h1-5,8-12,14,16-21H,6H2,(H,15,22)/t8-,9-,10+,11-,12-/m1/s1. The van der Waals surface area contributed by atoms with Crippen molar-refractivity contribution < 1.29 is 35.4 Å². The summed E-state index contributed by atoms with van der Waals surface area (Å²) >= 11 is 0. The van der Waals surface area contributed by atoms with Crippen molar-refractivity contribution in [3.63, 3.8) is 0 Å². The number of hydrazine groups is 1. The predicted molar refractivity (Wildman–Crippen MR) is 75.3 cm³/mol. The number of para-hydroxylation sites is 1. The van der Waals surface area contributed by atoms with Crippen LogP contribution in [-0.2, 0) is 4.79 Å². The van der Waals surface area contributed by atoms with Crippen molar-refractivity contribution in [1.29, 1.82) is 0 Å². The Morgan fingerprint density at radius 1 is 0.955 bits per heavy atom. The van der Waals surface area contributed by atoms with Gasteiger partial charge in [0.25, 0.3) is 5.91 Å². The topological polar surface area (TPSA) is 163 Å². The Morgan fingerprint density at radius 2 is 1.55 bits per heavy atom. The van der Waals surface area contributed by atoms with E-state index >= 15 is 0 Å². The fourth-order valence-electron chi connectivity index (χ4n) is 1.61. The minimum absolute atomic E-state index is 0.522. The summed E-state index contributed by atoms with van der Waals surface area (Å²) in [4.78, 5) is 11.6. The lowest BCUT2D eigenvalue weighted by Crippen LogP contribution is -2.54. The lowest BCUT2D eigenvalue weighted by molar-refractivity contribution is -0.156. The van der Waals surface area contributed by atoms with Gasteiger partial charge in [0.1, 0.15) is 24.4 Å². The van der Waals surface area contributed by atoms with Crippen LogP contribution in [0.1, 0.15) is 0 Å². The van der Waals surface area contributed by atoms with E-state index in [2.05, 4.69) is 10.9 Å². The number of aliphatic hydroxyl groups is 6. The van der Waals surface area contributed by atoms with E-state index in [4.69, 9.17) is 10.2 Å². The first-order valence-electron chi connectivity index (χ1n) is 6.50. The van der Waals surface area contributed by atoms with E-state index in [0.29, 0.717) is 5.69 Å². The van der Waals surface area contributed by atoms with Crippen molar-refractivity contribution >= 4 is 11.6 Å². The van der Waals surface area contributed by atoms with Gasteiger partial charge >= 0.3 is 0 Å². The molecule has 124 valence electrons. The molecule has 1 amide bonds. The first-order chi connectivity index (χ1) is 10.4. The molecule has 0 saturated carbocycles. The van der Waals surface area contributed by atoms with Gasteiger partial charge in [0.05, 0.1) is 12.3 Å². The maximum absolute atomic E-state index is 11.6. The number of hydrogen-bond donors (Lipinski definition) is 8. The first kappa shape index (κ1) is 18.3. The Kier molecular flexibility index (Phi) is 7.18. The second kappa shape index (κ2) is 8.63. The predicted octanol–water partition coefficient (Wildman–Crippen LogP) is -3.07. The molecule has 1 rings (SSSR count). The van der Waals surface area contributed by atoms with E-state index in [1.807, 2.05) is 0 Å². The van der Waals surface area contributed by atoms with Gasteiger partial charge in [0.15, 0.2) is 6.10 Å². The van der Waals surface area contributed by atoms with Gasteiger partial charge in [-0.25, -0.2) is 0 Å². The largest absolute Gasteiger partial charge is 0.394 e. The van der Waals surface area contributed by atoms with Crippen LogP contribution in [0.15, 0.2) is 30.3 Å². The highest BCUT2D eigenvalue weighted by Crippen LogP contribution is 2.09. The van der Waals surface area contributed by atoms with Gasteiger partial charge in [0.2, 0.25) is 0 Å². The highest BCUT2D eigenvalue weighted by atomic mass is 16.4. The molecule has 9 nitrogen and oxygen atoms in total. The number of anilines is 1. The highest BCUT2D eigenvalue weighted by molar-refractivity contribution is 5.82. The molecule has 0 unspecified atom stereocenters. The van der Waals surface area contributed by atoms with Crippen LogP contribution in [0.4, 0.5) is 5.69 Å². The van der Waals surface area contributed by atoms with Gasteiger partial charge in [-0.15, -0.1) is 0 Å². The third kappa shape index (κ3) is 4.91. The molecule has 8 N–H and O–H groups in total. The van der Waals surface area contributed by atoms with Crippen LogP contribution in [0.25, 0.3) is 0 Å². The van der Waals surface area contributed by atoms with Crippen molar-refractivity contribution in [3.05, 3.63) is 30.3 Å². The molecule has 0 heterocycles. The lowest BCUT2D eigenvalue weighted by Gasteiger charge is -2.28. The van der Waals surface area contributed by atoms with Crippen molar-refractivity contribution in [3.8, 4) is 0 Å². The van der Waals surface area contributed by atoms with E-state index in [-0.39, 0.29) is 0 Å². The van der Waals surface area contributed by atoms with Gasteiger partial charge in [-0.1, -0.05) is 18.2 Å².